The number of hydrogen-bond donors (Lipinski definition) is 3. The number of aliphatic hydroxyl groups excluding tert-OH is 1. The van der Waals surface area contributed by atoms with Gasteiger partial charge in [-0.2, -0.15) is 0 Å². The van der Waals surface area contributed by atoms with Crippen LogP contribution in [0.1, 0.15) is 370 Å². The summed E-state index contributed by atoms with van der Waals surface area (Å²) in [6.07, 6.45) is 47.2. The summed E-state index contributed by atoms with van der Waals surface area (Å²) in [6.45, 7) is 14.1. The van der Waals surface area contributed by atoms with Crippen molar-refractivity contribution in [1.82, 2.24) is 0 Å². The highest BCUT2D eigenvalue weighted by molar-refractivity contribution is 7.47. The number of ether oxygens (including phenoxy) is 4. The lowest BCUT2D eigenvalue weighted by atomic mass is 10.00. The standard InChI is InChI=1S/C74H144O17P2/c1-9-67(8)53-45-37-32-33-39-47-55-72(77)85-61-70(91-74(79)57-49-41-31-25-19-22-28-36-44-52-66(6)7)63-89-93(82,83)87-59-68(75)58-86-92(80,81)88-62-69(90-73(78)56-48-40-30-24-18-14-16-21-27-35-43-51-65(4)5)60-84-71(76)54-46-38-29-23-17-13-11-10-12-15-20-26-34-42-50-64(2)3/h64-70,75H,9-63H2,1-8H3,(H,80,81)(H,82,83)/t67?,68-,69-,70-/m1/s1. The summed E-state index contributed by atoms with van der Waals surface area (Å²) in [7, 11) is -9.91. The number of carbonyl (C=O) groups is 4. The normalized spacial score (nSPS) is 14.5. The Morgan fingerprint density at radius 3 is 0.763 bits per heavy atom. The zero-order valence-electron chi connectivity index (χ0n) is 60.9. The number of aliphatic hydroxyl groups is 1. The third-order valence-electron chi connectivity index (χ3n) is 17.4. The fraction of sp³-hybridized carbons (Fsp3) is 0.946. The largest absolute Gasteiger partial charge is 0.472 e. The van der Waals surface area contributed by atoms with Gasteiger partial charge >= 0.3 is 39.5 Å². The van der Waals surface area contributed by atoms with Crippen LogP contribution in [0.3, 0.4) is 0 Å². The van der Waals surface area contributed by atoms with E-state index in [1.165, 1.54) is 167 Å². The summed E-state index contributed by atoms with van der Waals surface area (Å²) in [6, 6.07) is 0. The Balaban J connectivity index is 5.25. The van der Waals surface area contributed by atoms with Crippen molar-refractivity contribution in [3.8, 4) is 0 Å². The minimum absolute atomic E-state index is 0.104. The molecule has 0 bridgehead atoms. The monoisotopic (exact) mass is 1370 g/mol. The highest BCUT2D eigenvalue weighted by Gasteiger charge is 2.30. The van der Waals surface area contributed by atoms with Gasteiger partial charge in [0, 0.05) is 25.7 Å². The molecule has 17 nitrogen and oxygen atoms in total. The van der Waals surface area contributed by atoms with Crippen molar-refractivity contribution < 1.29 is 80.2 Å². The molecule has 0 amide bonds. The van der Waals surface area contributed by atoms with Gasteiger partial charge in [-0.05, 0) is 49.4 Å². The van der Waals surface area contributed by atoms with Crippen LogP contribution < -0.4 is 0 Å². The van der Waals surface area contributed by atoms with E-state index >= 15 is 0 Å². The first kappa shape index (κ1) is 91.1. The van der Waals surface area contributed by atoms with E-state index in [1.54, 1.807) is 0 Å². The first-order chi connectivity index (χ1) is 44.6. The molecule has 0 heterocycles. The molecule has 0 radical (unpaired) electrons. The Labute approximate surface area is 568 Å². The van der Waals surface area contributed by atoms with Crippen molar-refractivity contribution in [1.29, 1.82) is 0 Å². The predicted octanol–water partition coefficient (Wildman–Crippen LogP) is 21.3. The average molecular weight is 1370 g/mol. The van der Waals surface area contributed by atoms with Gasteiger partial charge in [0.15, 0.2) is 12.2 Å². The molecule has 19 heteroatoms. The number of phosphoric ester groups is 2. The summed E-state index contributed by atoms with van der Waals surface area (Å²) >= 11 is 0. The maximum absolute atomic E-state index is 13.1. The molecule has 0 aromatic heterocycles. The number of hydrogen-bond acceptors (Lipinski definition) is 15. The van der Waals surface area contributed by atoms with Crippen molar-refractivity contribution in [3.63, 3.8) is 0 Å². The Morgan fingerprint density at radius 2 is 0.516 bits per heavy atom. The summed E-state index contributed by atoms with van der Waals surface area (Å²) < 4.78 is 68.4. The molecular formula is C74H144O17P2. The number of phosphoric acid groups is 2. The molecular weight excluding hydrogens is 1220 g/mol. The fourth-order valence-corrected chi connectivity index (χ4v) is 12.7. The lowest BCUT2D eigenvalue weighted by molar-refractivity contribution is -0.161. The van der Waals surface area contributed by atoms with Crippen LogP contribution in [0, 0.1) is 23.7 Å². The molecule has 3 N–H and O–H groups in total. The van der Waals surface area contributed by atoms with E-state index in [-0.39, 0.29) is 25.7 Å². The molecule has 0 aromatic rings. The van der Waals surface area contributed by atoms with Gasteiger partial charge in [-0.15, -0.1) is 0 Å². The maximum atomic E-state index is 13.1. The van der Waals surface area contributed by atoms with E-state index in [0.717, 1.165) is 120 Å². The number of unbranched alkanes of at least 4 members (excludes halogenated alkanes) is 36. The third kappa shape index (κ3) is 67.0. The van der Waals surface area contributed by atoms with Crippen LogP contribution >= 0.6 is 15.6 Å². The maximum Gasteiger partial charge on any atom is 0.472 e. The second-order valence-electron chi connectivity index (χ2n) is 28.4. The molecule has 0 aliphatic heterocycles. The molecule has 0 aliphatic carbocycles. The van der Waals surface area contributed by atoms with E-state index < -0.39 is 97.5 Å². The number of esters is 4. The fourth-order valence-electron chi connectivity index (χ4n) is 11.2. The van der Waals surface area contributed by atoms with Gasteiger partial charge in [-0.1, -0.05) is 319 Å². The van der Waals surface area contributed by atoms with Crippen LogP contribution in [0.15, 0.2) is 0 Å². The van der Waals surface area contributed by atoms with Crippen molar-refractivity contribution in [2.24, 2.45) is 23.7 Å². The molecule has 0 fully saturated rings. The van der Waals surface area contributed by atoms with E-state index in [0.29, 0.717) is 25.7 Å². The summed E-state index contributed by atoms with van der Waals surface area (Å²) in [5, 5.41) is 10.6. The molecule has 0 rings (SSSR count). The highest BCUT2D eigenvalue weighted by Crippen LogP contribution is 2.45. The third-order valence-corrected chi connectivity index (χ3v) is 19.3. The molecule has 3 unspecified atom stereocenters. The zero-order chi connectivity index (χ0) is 68.9. The average Bonchev–Trinajstić information content (AvgIpc) is 2.31. The smallest absolute Gasteiger partial charge is 0.462 e. The van der Waals surface area contributed by atoms with Crippen LogP contribution in [0.25, 0.3) is 0 Å². The number of carbonyl (C=O) groups excluding carboxylic acids is 4. The summed E-state index contributed by atoms with van der Waals surface area (Å²) in [5.74, 6) is 0.907. The second-order valence-corrected chi connectivity index (χ2v) is 31.3. The zero-order valence-corrected chi connectivity index (χ0v) is 62.7. The van der Waals surface area contributed by atoms with Crippen LogP contribution in [0.2, 0.25) is 0 Å². The second kappa shape index (κ2) is 63.5. The van der Waals surface area contributed by atoms with Crippen molar-refractivity contribution in [3.05, 3.63) is 0 Å². The highest BCUT2D eigenvalue weighted by atomic mass is 31.2. The van der Waals surface area contributed by atoms with Gasteiger partial charge < -0.3 is 33.8 Å². The Bertz CT molecular complexity index is 1840. The lowest BCUT2D eigenvalue weighted by Gasteiger charge is -2.21. The first-order valence-electron chi connectivity index (χ1n) is 38.2. The topological polar surface area (TPSA) is 237 Å². The van der Waals surface area contributed by atoms with Crippen molar-refractivity contribution >= 4 is 39.5 Å². The Kier molecular flexibility index (Phi) is 62.2. The Hall–Kier alpha value is -1.94. The van der Waals surface area contributed by atoms with Crippen LogP contribution in [0.5, 0.6) is 0 Å². The first-order valence-corrected chi connectivity index (χ1v) is 41.2. The Morgan fingerprint density at radius 1 is 0.301 bits per heavy atom. The molecule has 0 saturated heterocycles. The van der Waals surface area contributed by atoms with E-state index in [2.05, 4.69) is 55.4 Å². The van der Waals surface area contributed by atoms with Gasteiger partial charge in [0.2, 0.25) is 0 Å². The summed E-state index contributed by atoms with van der Waals surface area (Å²) in [5.41, 5.74) is 0. The lowest BCUT2D eigenvalue weighted by Crippen LogP contribution is -2.30. The predicted molar refractivity (Wildman–Crippen MR) is 377 cm³/mol. The van der Waals surface area contributed by atoms with Gasteiger partial charge in [0.05, 0.1) is 26.4 Å². The van der Waals surface area contributed by atoms with E-state index in [1.807, 2.05) is 0 Å². The van der Waals surface area contributed by atoms with Gasteiger partial charge in [-0.25, -0.2) is 9.13 Å². The molecule has 0 aromatic carbocycles. The van der Waals surface area contributed by atoms with Gasteiger partial charge in [0.1, 0.15) is 19.3 Å². The quantitative estimate of drug-likeness (QED) is 0.0222. The van der Waals surface area contributed by atoms with E-state index in [9.17, 15) is 43.2 Å². The molecule has 0 spiro atoms. The van der Waals surface area contributed by atoms with Crippen LogP contribution in [-0.2, 0) is 65.4 Å². The molecule has 0 saturated carbocycles. The van der Waals surface area contributed by atoms with Gasteiger partial charge in [0.25, 0.3) is 0 Å². The van der Waals surface area contributed by atoms with E-state index in [4.69, 9.17) is 37.0 Å². The van der Waals surface area contributed by atoms with Gasteiger partial charge in [-0.3, -0.25) is 37.3 Å². The van der Waals surface area contributed by atoms with Crippen molar-refractivity contribution in [2.45, 2.75) is 388 Å². The summed E-state index contributed by atoms with van der Waals surface area (Å²) in [4.78, 5) is 72.7. The minimum Gasteiger partial charge on any atom is -0.462 e. The minimum atomic E-state index is -4.96. The van der Waals surface area contributed by atoms with Crippen LogP contribution in [0.4, 0.5) is 0 Å². The SMILES string of the molecule is CCC(C)CCCCCCCCC(=O)OC[C@H](COP(=O)(O)OC[C@H](O)COP(=O)(O)OC[C@@H](COC(=O)CCCCCCCCCCCCCCCCC(C)C)OC(=O)CCCCCCCCCCCCCC(C)C)OC(=O)CCCCCCCCCCCC(C)C. The molecule has 552 valence electrons. The molecule has 0 aliphatic rings. The van der Waals surface area contributed by atoms with Crippen molar-refractivity contribution in [2.75, 3.05) is 39.6 Å². The van der Waals surface area contributed by atoms with Crippen LogP contribution in [-0.4, -0.2) is 96.7 Å². The number of rotatable bonds is 71. The molecule has 93 heavy (non-hydrogen) atoms. The molecule has 6 atom stereocenters.